The first-order valence-corrected chi connectivity index (χ1v) is 10.2. The highest BCUT2D eigenvalue weighted by Crippen LogP contribution is 2.20. The molecule has 0 spiro atoms. The van der Waals surface area contributed by atoms with Gasteiger partial charge < -0.3 is 4.90 Å². The van der Waals surface area contributed by atoms with Gasteiger partial charge in [0.05, 0.1) is 16.9 Å². The van der Waals surface area contributed by atoms with Gasteiger partial charge in [0.1, 0.15) is 5.69 Å². The molecule has 0 atom stereocenters. The molecular formula is C23H24N6O. The molecule has 0 radical (unpaired) electrons. The molecule has 0 unspecified atom stereocenters. The highest BCUT2D eigenvalue weighted by Gasteiger charge is 2.25. The van der Waals surface area contributed by atoms with Crippen LogP contribution in [0.2, 0.25) is 0 Å². The lowest BCUT2D eigenvalue weighted by Gasteiger charge is -2.34. The van der Waals surface area contributed by atoms with Crippen molar-refractivity contribution >= 4 is 11.4 Å². The maximum absolute atomic E-state index is 13.1. The molecule has 7 nitrogen and oxygen atoms in total. The van der Waals surface area contributed by atoms with Gasteiger partial charge in [-0.1, -0.05) is 36.4 Å². The molecular weight excluding hydrogens is 376 g/mol. The summed E-state index contributed by atoms with van der Waals surface area (Å²) in [4.78, 5) is 17.4. The summed E-state index contributed by atoms with van der Waals surface area (Å²) in [7, 11) is 1.83. The summed E-state index contributed by atoms with van der Waals surface area (Å²) in [6.45, 7) is 3.88. The number of hydrogen-bond donors (Lipinski definition) is 0. The van der Waals surface area contributed by atoms with Crippen molar-refractivity contribution in [1.82, 2.24) is 29.2 Å². The fraction of sp³-hybridized carbons (Fsp3) is 0.261. The first-order chi connectivity index (χ1) is 14.7. The molecule has 3 aromatic heterocycles. The maximum Gasteiger partial charge on any atom is 0.272 e. The van der Waals surface area contributed by atoms with E-state index in [9.17, 15) is 4.79 Å². The number of aryl methyl sites for hydroxylation is 1. The van der Waals surface area contributed by atoms with Crippen LogP contribution in [0, 0.1) is 0 Å². The molecule has 152 valence electrons. The zero-order chi connectivity index (χ0) is 20.5. The molecule has 5 rings (SSSR count). The van der Waals surface area contributed by atoms with Crippen molar-refractivity contribution in [2.45, 2.75) is 6.54 Å². The molecule has 0 N–H and O–H groups in total. The van der Waals surface area contributed by atoms with E-state index < -0.39 is 0 Å². The van der Waals surface area contributed by atoms with E-state index in [0.717, 1.165) is 42.1 Å². The van der Waals surface area contributed by atoms with Crippen molar-refractivity contribution in [2.75, 3.05) is 26.2 Å². The van der Waals surface area contributed by atoms with Crippen LogP contribution in [0.25, 0.3) is 16.8 Å². The monoisotopic (exact) mass is 400 g/mol. The van der Waals surface area contributed by atoms with Gasteiger partial charge in [-0.15, -0.1) is 0 Å². The van der Waals surface area contributed by atoms with Crippen LogP contribution in [0.15, 0.2) is 66.9 Å². The molecule has 0 aliphatic carbocycles. The summed E-state index contributed by atoms with van der Waals surface area (Å²) >= 11 is 0. The van der Waals surface area contributed by atoms with Crippen LogP contribution in [0.4, 0.5) is 0 Å². The van der Waals surface area contributed by atoms with Gasteiger partial charge in [-0.25, -0.2) is 4.52 Å². The standard InChI is InChI=1S/C23H24N6O/c1-26-22(16-21(25-26)18-7-3-2-4-8-18)23(30)28-13-11-27(12-14-28)17-19-15-20-9-5-6-10-29(20)24-19/h2-10,15-16H,11-14,17H2,1H3. The second-order valence-corrected chi connectivity index (χ2v) is 7.68. The van der Waals surface area contributed by atoms with Crippen molar-refractivity contribution in [3.05, 3.63) is 78.2 Å². The van der Waals surface area contributed by atoms with Crippen molar-refractivity contribution in [3.8, 4) is 11.3 Å². The van der Waals surface area contributed by atoms with Crippen LogP contribution in [-0.2, 0) is 13.6 Å². The number of piperazine rings is 1. The van der Waals surface area contributed by atoms with Crippen molar-refractivity contribution in [1.29, 1.82) is 0 Å². The van der Waals surface area contributed by atoms with Gasteiger partial charge >= 0.3 is 0 Å². The molecule has 30 heavy (non-hydrogen) atoms. The average molecular weight is 400 g/mol. The number of nitrogens with zero attached hydrogens (tertiary/aromatic N) is 6. The van der Waals surface area contributed by atoms with Gasteiger partial charge in [0.25, 0.3) is 5.91 Å². The van der Waals surface area contributed by atoms with Gasteiger partial charge in [-0.3, -0.25) is 14.4 Å². The minimum absolute atomic E-state index is 0.0413. The van der Waals surface area contributed by atoms with Gasteiger partial charge in [-0.2, -0.15) is 10.2 Å². The second kappa shape index (κ2) is 7.76. The SMILES string of the molecule is Cn1nc(-c2ccccc2)cc1C(=O)N1CCN(Cc2cc3ccccn3n2)CC1. The number of benzene rings is 1. The first kappa shape index (κ1) is 18.6. The molecule has 4 aromatic rings. The fourth-order valence-electron chi connectivity index (χ4n) is 3.99. The summed E-state index contributed by atoms with van der Waals surface area (Å²) in [5, 5.41) is 9.17. The van der Waals surface area contributed by atoms with Gasteiger partial charge in [0.15, 0.2) is 0 Å². The molecule has 0 bridgehead atoms. The smallest absolute Gasteiger partial charge is 0.272 e. The lowest BCUT2D eigenvalue weighted by Crippen LogP contribution is -2.48. The van der Waals surface area contributed by atoms with E-state index in [2.05, 4.69) is 27.2 Å². The lowest BCUT2D eigenvalue weighted by atomic mass is 10.1. The summed E-state index contributed by atoms with van der Waals surface area (Å²) in [6, 6.07) is 20.0. The summed E-state index contributed by atoms with van der Waals surface area (Å²) in [5.41, 5.74) is 4.63. The molecule has 4 heterocycles. The summed E-state index contributed by atoms with van der Waals surface area (Å²) < 4.78 is 3.59. The molecule has 0 saturated carbocycles. The van der Waals surface area contributed by atoms with E-state index in [0.29, 0.717) is 18.8 Å². The van der Waals surface area contributed by atoms with Crippen LogP contribution in [0.5, 0.6) is 0 Å². The Morgan fingerprint density at radius 3 is 2.47 bits per heavy atom. The topological polar surface area (TPSA) is 58.7 Å². The number of aromatic nitrogens is 4. The quantitative estimate of drug-likeness (QED) is 0.529. The highest BCUT2D eigenvalue weighted by atomic mass is 16.2. The number of carbonyl (C=O) groups excluding carboxylic acids is 1. The Morgan fingerprint density at radius 1 is 0.933 bits per heavy atom. The predicted molar refractivity (Wildman–Crippen MR) is 115 cm³/mol. The van der Waals surface area contributed by atoms with Crippen LogP contribution < -0.4 is 0 Å². The van der Waals surface area contributed by atoms with E-state index in [4.69, 9.17) is 0 Å². The third-order valence-electron chi connectivity index (χ3n) is 5.63. The number of carbonyl (C=O) groups is 1. The molecule has 1 saturated heterocycles. The Morgan fingerprint density at radius 2 is 1.70 bits per heavy atom. The number of hydrogen-bond acceptors (Lipinski definition) is 4. The first-order valence-electron chi connectivity index (χ1n) is 10.2. The van der Waals surface area contributed by atoms with Gasteiger partial charge in [-0.05, 0) is 24.3 Å². The zero-order valence-corrected chi connectivity index (χ0v) is 17.0. The number of pyridine rings is 1. The largest absolute Gasteiger partial charge is 0.335 e. The Labute approximate surface area is 175 Å². The van der Waals surface area contributed by atoms with Gasteiger partial charge in [0.2, 0.25) is 0 Å². The van der Waals surface area contributed by atoms with Crippen LogP contribution in [0.3, 0.4) is 0 Å². The normalized spacial score (nSPS) is 15.0. The number of amides is 1. The summed E-state index contributed by atoms with van der Waals surface area (Å²) in [5.74, 6) is 0.0413. The Hall–Kier alpha value is -3.45. The van der Waals surface area contributed by atoms with Crippen molar-refractivity contribution in [3.63, 3.8) is 0 Å². The average Bonchev–Trinajstić information content (AvgIpc) is 3.37. The molecule has 7 heteroatoms. The molecule has 1 amide bonds. The number of rotatable bonds is 4. The van der Waals surface area contributed by atoms with E-state index >= 15 is 0 Å². The molecule has 1 fully saturated rings. The fourth-order valence-corrected chi connectivity index (χ4v) is 3.99. The van der Waals surface area contributed by atoms with E-state index in [1.165, 1.54) is 0 Å². The van der Waals surface area contributed by atoms with Crippen molar-refractivity contribution in [2.24, 2.45) is 7.05 Å². The van der Waals surface area contributed by atoms with Crippen LogP contribution >= 0.6 is 0 Å². The van der Waals surface area contributed by atoms with E-state index in [-0.39, 0.29) is 5.91 Å². The molecule has 1 aromatic carbocycles. The molecule has 1 aliphatic heterocycles. The van der Waals surface area contributed by atoms with Gasteiger partial charge in [0, 0.05) is 51.5 Å². The predicted octanol–water partition coefficient (Wildman–Crippen LogP) is 2.69. The Balaban J connectivity index is 1.23. The maximum atomic E-state index is 13.1. The Kier molecular flexibility index (Phi) is 4.80. The molecule has 1 aliphatic rings. The Bertz CT molecular complexity index is 1140. The summed E-state index contributed by atoms with van der Waals surface area (Å²) in [6.07, 6.45) is 1.97. The lowest BCUT2D eigenvalue weighted by molar-refractivity contribution is 0.0616. The van der Waals surface area contributed by atoms with E-state index in [1.54, 1.807) is 4.68 Å². The second-order valence-electron chi connectivity index (χ2n) is 7.68. The number of fused-ring (bicyclic) bond motifs is 1. The zero-order valence-electron chi connectivity index (χ0n) is 17.0. The van der Waals surface area contributed by atoms with Crippen LogP contribution in [0.1, 0.15) is 16.2 Å². The van der Waals surface area contributed by atoms with E-state index in [1.807, 2.05) is 71.2 Å². The minimum Gasteiger partial charge on any atom is -0.335 e. The highest BCUT2D eigenvalue weighted by molar-refractivity contribution is 5.93. The third-order valence-corrected chi connectivity index (χ3v) is 5.63. The van der Waals surface area contributed by atoms with Crippen LogP contribution in [-0.4, -0.2) is 61.3 Å². The van der Waals surface area contributed by atoms with Crippen molar-refractivity contribution < 1.29 is 4.79 Å². The minimum atomic E-state index is 0.0413. The third kappa shape index (κ3) is 3.59.